The van der Waals surface area contributed by atoms with Crippen LogP contribution in [0.4, 0.5) is 0 Å². The normalized spacial score (nSPS) is 14.1. The number of hydrogen-bond donors (Lipinski definition) is 2. The highest BCUT2D eigenvalue weighted by Gasteiger charge is 2.32. The molecule has 1 aliphatic rings. The molecule has 9 heteroatoms. The summed E-state index contributed by atoms with van der Waals surface area (Å²) in [5.74, 6) is -1.28. The van der Waals surface area contributed by atoms with Crippen molar-refractivity contribution in [2.24, 2.45) is 0 Å². The Morgan fingerprint density at radius 1 is 0.915 bits per heavy atom. The van der Waals surface area contributed by atoms with Crippen LogP contribution in [0.3, 0.4) is 0 Å². The van der Waals surface area contributed by atoms with Gasteiger partial charge >= 0.3 is 5.97 Å². The number of imidazole rings is 1. The number of aliphatic hydroxyl groups excluding tert-OH is 1. The highest BCUT2D eigenvalue weighted by atomic mass is 16.4. The van der Waals surface area contributed by atoms with Crippen molar-refractivity contribution in [2.75, 3.05) is 19.7 Å². The molecule has 1 aromatic heterocycles. The molecule has 246 valence electrons. The first-order chi connectivity index (χ1) is 22.8. The van der Waals surface area contributed by atoms with Crippen molar-refractivity contribution in [2.45, 2.75) is 71.5 Å². The molecule has 1 aliphatic heterocycles. The van der Waals surface area contributed by atoms with Crippen molar-refractivity contribution in [1.82, 2.24) is 19.4 Å². The summed E-state index contributed by atoms with van der Waals surface area (Å²) in [6, 6.07) is 21.8. The lowest BCUT2D eigenvalue weighted by Gasteiger charge is -2.36. The minimum Gasteiger partial charge on any atom is -0.478 e. The summed E-state index contributed by atoms with van der Waals surface area (Å²) in [6.45, 7) is 6.01. The lowest BCUT2D eigenvalue weighted by molar-refractivity contribution is 0.0544. The first kappa shape index (κ1) is 33.6. The third kappa shape index (κ3) is 7.80. The molecule has 0 saturated carbocycles. The molecule has 0 bridgehead atoms. The fraction of sp³-hybridized carbons (Fsp3) is 0.368. The summed E-state index contributed by atoms with van der Waals surface area (Å²) < 4.78 is 1.90. The number of aryl methyl sites for hydroxylation is 2. The number of rotatable bonds is 14. The number of aliphatic hydroxyl groups is 1. The number of carboxylic acids is 1. The fourth-order valence-electron chi connectivity index (χ4n) is 6.17. The van der Waals surface area contributed by atoms with E-state index in [4.69, 9.17) is 4.98 Å². The second-order valence-electron chi connectivity index (χ2n) is 12.2. The van der Waals surface area contributed by atoms with E-state index in [1.807, 2.05) is 64.1 Å². The summed E-state index contributed by atoms with van der Waals surface area (Å²) in [5, 5.41) is 20.2. The van der Waals surface area contributed by atoms with Gasteiger partial charge in [-0.05, 0) is 60.6 Å². The molecule has 4 aromatic rings. The largest absolute Gasteiger partial charge is 0.478 e. The van der Waals surface area contributed by atoms with Gasteiger partial charge in [0.1, 0.15) is 11.5 Å². The smallest absolute Gasteiger partial charge is 0.335 e. The molecule has 3 aromatic carbocycles. The molecule has 2 amide bonds. The van der Waals surface area contributed by atoms with Gasteiger partial charge in [0.2, 0.25) is 0 Å². The van der Waals surface area contributed by atoms with Crippen LogP contribution in [0.25, 0.3) is 11.4 Å². The second-order valence-corrected chi connectivity index (χ2v) is 12.2. The zero-order valence-electron chi connectivity index (χ0n) is 27.3. The molecule has 47 heavy (non-hydrogen) atoms. The Labute approximate surface area is 276 Å². The lowest BCUT2D eigenvalue weighted by atomic mass is 9.92. The molecule has 0 radical (unpaired) electrons. The van der Waals surface area contributed by atoms with Crippen LogP contribution in [0.5, 0.6) is 0 Å². The van der Waals surface area contributed by atoms with E-state index in [0.717, 1.165) is 42.4 Å². The van der Waals surface area contributed by atoms with Gasteiger partial charge in [0, 0.05) is 37.9 Å². The summed E-state index contributed by atoms with van der Waals surface area (Å²) in [4.78, 5) is 48.8. The predicted octanol–water partition coefficient (Wildman–Crippen LogP) is 6.09. The SMILES string of the molecule is CCCCN(CCCC)C(=O)c1cn(CCc2ccccc2)c(-c2ccc(C(=O)O)cc2C(=O)N2Cc3ccccc3C[C@H]2CO)n1. The van der Waals surface area contributed by atoms with Crippen molar-refractivity contribution in [3.05, 3.63) is 113 Å². The van der Waals surface area contributed by atoms with E-state index in [0.29, 0.717) is 49.6 Å². The maximum atomic E-state index is 14.4. The van der Waals surface area contributed by atoms with E-state index in [9.17, 15) is 24.6 Å². The first-order valence-corrected chi connectivity index (χ1v) is 16.6. The van der Waals surface area contributed by atoms with E-state index in [-0.39, 0.29) is 30.2 Å². The molecule has 2 N–H and O–H groups in total. The monoisotopic (exact) mass is 636 g/mol. The van der Waals surface area contributed by atoms with E-state index < -0.39 is 17.9 Å². The van der Waals surface area contributed by atoms with Gasteiger partial charge in [-0.2, -0.15) is 0 Å². The highest BCUT2D eigenvalue weighted by molar-refractivity contribution is 6.03. The van der Waals surface area contributed by atoms with Gasteiger partial charge in [0.05, 0.1) is 23.8 Å². The number of fused-ring (bicyclic) bond motifs is 1. The Morgan fingerprint density at radius 2 is 1.60 bits per heavy atom. The molecular formula is C38H44N4O5. The molecule has 0 fully saturated rings. The fourth-order valence-corrected chi connectivity index (χ4v) is 6.17. The average molecular weight is 637 g/mol. The Hall–Kier alpha value is -4.76. The molecule has 0 unspecified atom stereocenters. The number of amides is 2. The van der Waals surface area contributed by atoms with Crippen molar-refractivity contribution >= 4 is 17.8 Å². The number of carbonyl (C=O) groups excluding carboxylic acids is 2. The minimum atomic E-state index is -1.15. The summed E-state index contributed by atoms with van der Waals surface area (Å²) >= 11 is 0. The topological polar surface area (TPSA) is 116 Å². The van der Waals surface area contributed by atoms with Crippen molar-refractivity contribution < 1.29 is 24.6 Å². The number of unbranched alkanes of at least 4 members (excludes halogenated alkanes) is 2. The van der Waals surface area contributed by atoms with Gasteiger partial charge in [-0.25, -0.2) is 9.78 Å². The van der Waals surface area contributed by atoms with Crippen molar-refractivity contribution in [1.29, 1.82) is 0 Å². The maximum Gasteiger partial charge on any atom is 0.335 e. The van der Waals surface area contributed by atoms with E-state index in [1.165, 1.54) is 12.1 Å². The number of benzene rings is 3. The van der Waals surface area contributed by atoms with Crippen LogP contribution in [0, 0.1) is 0 Å². The van der Waals surface area contributed by atoms with Crippen LogP contribution in [-0.2, 0) is 25.9 Å². The number of carbonyl (C=O) groups is 3. The van der Waals surface area contributed by atoms with E-state index in [1.54, 1.807) is 17.2 Å². The van der Waals surface area contributed by atoms with Crippen molar-refractivity contribution in [3.63, 3.8) is 0 Å². The molecule has 9 nitrogen and oxygen atoms in total. The molecule has 1 atom stereocenters. The minimum absolute atomic E-state index is 0.0287. The standard InChI is InChI=1S/C38H44N4O5/c1-3-5-19-40(20-6-4-2)37(45)34-25-41(21-18-27-12-8-7-9-13-27)35(39-34)32-17-16-29(38(46)47)23-33(32)36(44)42-24-30-15-11-10-14-28(30)22-31(42)26-43/h7-17,23,25,31,43H,3-6,18-22,24,26H2,1-2H3,(H,46,47)/t31-/m0/s1. The predicted molar refractivity (Wildman–Crippen MR) is 181 cm³/mol. The van der Waals surface area contributed by atoms with E-state index >= 15 is 0 Å². The van der Waals surface area contributed by atoms with Crippen LogP contribution in [-0.4, -0.2) is 73.1 Å². The average Bonchev–Trinajstić information content (AvgIpc) is 3.53. The summed E-state index contributed by atoms with van der Waals surface area (Å²) in [5.41, 5.74) is 4.05. The van der Waals surface area contributed by atoms with Gasteiger partial charge in [-0.1, -0.05) is 81.3 Å². The number of nitrogens with zero attached hydrogens (tertiary/aromatic N) is 4. The van der Waals surface area contributed by atoms with Crippen LogP contribution in [0.2, 0.25) is 0 Å². The quantitative estimate of drug-likeness (QED) is 0.173. The van der Waals surface area contributed by atoms with Gasteiger partial charge in [0.25, 0.3) is 11.8 Å². The molecule has 0 saturated heterocycles. The lowest BCUT2D eigenvalue weighted by Crippen LogP contribution is -2.46. The van der Waals surface area contributed by atoms with E-state index in [2.05, 4.69) is 13.8 Å². The van der Waals surface area contributed by atoms with Crippen LogP contribution in [0.1, 0.15) is 87.4 Å². The third-order valence-electron chi connectivity index (χ3n) is 8.90. The zero-order chi connectivity index (χ0) is 33.3. The van der Waals surface area contributed by atoms with Gasteiger partial charge in [-0.15, -0.1) is 0 Å². The maximum absolute atomic E-state index is 14.4. The van der Waals surface area contributed by atoms with Gasteiger partial charge in [0.15, 0.2) is 0 Å². The highest BCUT2D eigenvalue weighted by Crippen LogP contribution is 2.31. The van der Waals surface area contributed by atoms with Crippen LogP contribution in [0.15, 0.2) is 79.0 Å². The number of aromatic nitrogens is 2. The molecular weight excluding hydrogens is 592 g/mol. The van der Waals surface area contributed by atoms with Gasteiger partial charge < -0.3 is 24.6 Å². The molecule has 0 aliphatic carbocycles. The first-order valence-electron chi connectivity index (χ1n) is 16.6. The van der Waals surface area contributed by atoms with Crippen LogP contribution < -0.4 is 0 Å². The number of hydrogen-bond acceptors (Lipinski definition) is 5. The Morgan fingerprint density at radius 3 is 2.26 bits per heavy atom. The Balaban J connectivity index is 1.59. The second kappa shape index (κ2) is 15.7. The Bertz CT molecular complexity index is 1690. The van der Waals surface area contributed by atoms with Gasteiger partial charge in [-0.3, -0.25) is 9.59 Å². The number of carboxylic acid groups (broad SMARTS) is 1. The summed E-state index contributed by atoms with van der Waals surface area (Å²) in [7, 11) is 0. The van der Waals surface area contributed by atoms with Crippen molar-refractivity contribution in [3.8, 4) is 11.4 Å². The number of aromatic carboxylic acids is 1. The summed E-state index contributed by atoms with van der Waals surface area (Å²) in [6.07, 6.45) is 6.61. The molecule has 2 heterocycles. The van der Waals surface area contributed by atoms with Crippen LogP contribution >= 0.6 is 0 Å². The Kier molecular flexibility index (Phi) is 11.2. The third-order valence-corrected chi connectivity index (χ3v) is 8.90. The molecule has 5 rings (SSSR count). The zero-order valence-corrected chi connectivity index (χ0v) is 27.3. The molecule has 0 spiro atoms.